The van der Waals surface area contributed by atoms with Gasteiger partial charge in [-0.1, -0.05) is 12.1 Å². The zero-order chi connectivity index (χ0) is 14.0. The fourth-order valence-corrected chi connectivity index (χ4v) is 1.97. The largest absolute Gasteiger partial charge is 0.497 e. The van der Waals surface area contributed by atoms with Gasteiger partial charge in [-0.3, -0.25) is 4.79 Å². The van der Waals surface area contributed by atoms with Crippen LogP contribution in [0, 0.1) is 11.6 Å². The van der Waals surface area contributed by atoms with E-state index in [2.05, 4.69) is 15.9 Å². The topological polar surface area (TPSA) is 26.3 Å². The molecule has 0 aliphatic rings. The lowest BCUT2D eigenvalue weighted by Gasteiger charge is -2.07. The van der Waals surface area contributed by atoms with E-state index in [0.717, 1.165) is 6.07 Å². The molecule has 0 saturated heterocycles. The Hall–Kier alpha value is -1.75. The number of ketones is 1. The normalized spacial score (nSPS) is 10.3. The molecule has 2 aromatic carbocycles. The van der Waals surface area contributed by atoms with E-state index in [0.29, 0.717) is 5.75 Å². The Kier molecular flexibility index (Phi) is 3.95. The van der Waals surface area contributed by atoms with E-state index in [-0.39, 0.29) is 10.0 Å². The average Bonchev–Trinajstić information content (AvgIpc) is 2.43. The van der Waals surface area contributed by atoms with Crippen LogP contribution in [-0.4, -0.2) is 12.9 Å². The van der Waals surface area contributed by atoms with Crippen LogP contribution in [0.2, 0.25) is 0 Å². The van der Waals surface area contributed by atoms with Gasteiger partial charge in [0.2, 0.25) is 0 Å². The summed E-state index contributed by atoms with van der Waals surface area (Å²) in [6.07, 6.45) is 0. The summed E-state index contributed by atoms with van der Waals surface area (Å²) >= 11 is 2.93. The fraction of sp³-hybridized carbons (Fsp3) is 0.0714. The molecule has 0 aliphatic heterocycles. The predicted molar refractivity (Wildman–Crippen MR) is 70.5 cm³/mol. The molecule has 0 atom stereocenters. The van der Waals surface area contributed by atoms with Gasteiger partial charge in [-0.25, -0.2) is 8.78 Å². The van der Waals surface area contributed by atoms with E-state index < -0.39 is 23.0 Å². The number of carbonyl (C=O) groups is 1. The van der Waals surface area contributed by atoms with Gasteiger partial charge in [-0.05, 0) is 40.2 Å². The first-order valence-corrected chi connectivity index (χ1v) is 6.16. The second-order valence-electron chi connectivity index (χ2n) is 3.78. The van der Waals surface area contributed by atoms with Crippen LogP contribution in [0.4, 0.5) is 8.78 Å². The van der Waals surface area contributed by atoms with Crippen LogP contribution in [0.3, 0.4) is 0 Å². The predicted octanol–water partition coefficient (Wildman–Crippen LogP) is 3.97. The summed E-state index contributed by atoms with van der Waals surface area (Å²) in [4.78, 5) is 12.2. The molecule has 0 unspecified atom stereocenters. The Morgan fingerprint density at radius 2 is 1.95 bits per heavy atom. The maximum atomic E-state index is 13.8. The third-order valence-corrected chi connectivity index (χ3v) is 3.22. The van der Waals surface area contributed by atoms with Gasteiger partial charge in [0.25, 0.3) is 0 Å². The van der Waals surface area contributed by atoms with Crippen LogP contribution in [-0.2, 0) is 0 Å². The summed E-state index contributed by atoms with van der Waals surface area (Å²) in [6, 6.07) is 8.39. The van der Waals surface area contributed by atoms with Crippen molar-refractivity contribution in [3.8, 4) is 5.75 Å². The van der Waals surface area contributed by atoms with Gasteiger partial charge < -0.3 is 4.74 Å². The van der Waals surface area contributed by atoms with Crippen molar-refractivity contribution < 1.29 is 18.3 Å². The molecule has 0 N–H and O–H groups in total. The molecule has 0 bridgehead atoms. The van der Waals surface area contributed by atoms with Crippen LogP contribution in [0.15, 0.2) is 40.9 Å². The van der Waals surface area contributed by atoms with Gasteiger partial charge >= 0.3 is 0 Å². The fourth-order valence-electron chi connectivity index (χ4n) is 1.64. The Balaban J connectivity index is 2.53. The van der Waals surface area contributed by atoms with Gasteiger partial charge in [0.05, 0.1) is 17.1 Å². The highest BCUT2D eigenvalue weighted by atomic mass is 79.9. The van der Waals surface area contributed by atoms with Crippen molar-refractivity contribution >= 4 is 21.7 Å². The maximum absolute atomic E-state index is 13.8. The molecule has 0 heterocycles. The maximum Gasteiger partial charge on any atom is 0.199 e. The zero-order valence-corrected chi connectivity index (χ0v) is 11.5. The zero-order valence-electron chi connectivity index (χ0n) is 9.91. The first-order chi connectivity index (χ1) is 9.04. The number of carbonyl (C=O) groups excluding carboxylic acids is 1. The summed E-state index contributed by atoms with van der Waals surface area (Å²) in [5.74, 6) is -2.08. The van der Waals surface area contributed by atoms with E-state index in [9.17, 15) is 13.6 Å². The average molecular weight is 327 g/mol. The molecule has 0 aromatic heterocycles. The quantitative estimate of drug-likeness (QED) is 0.630. The monoisotopic (exact) mass is 326 g/mol. The molecular weight excluding hydrogens is 318 g/mol. The summed E-state index contributed by atoms with van der Waals surface area (Å²) in [5, 5.41) is 0. The lowest BCUT2D eigenvalue weighted by atomic mass is 10.0. The third kappa shape index (κ3) is 2.66. The molecule has 0 spiro atoms. The molecule has 0 aliphatic carbocycles. The number of ether oxygens (including phenoxy) is 1. The van der Waals surface area contributed by atoms with Crippen LogP contribution >= 0.6 is 15.9 Å². The van der Waals surface area contributed by atoms with Gasteiger partial charge in [0, 0.05) is 5.56 Å². The van der Waals surface area contributed by atoms with Crippen molar-refractivity contribution in [1.29, 1.82) is 0 Å². The highest BCUT2D eigenvalue weighted by molar-refractivity contribution is 9.10. The molecule has 2 rings (SSSR count). The SMILES string of the molecule is COc1cccc(C(=O)c2c(F)ccc(Br)c2F)c1. The summed E-state index contributed by atoms with van der Waals surface area (Å²) in [6.45, 7) is 0. The second-order valence-corrected chi connectivity index (χ2v) is 4.63. The first-order valence-electron chi connectivity index (χ1n) is 5.37. The number of rotatable bonds is 3. The Labute approximate surface area is 117 Å². The van der Waals surface area contributed by atoms with E-state index in [1.807, 2.05) is 0 Å². The minimum atomic E-state index is -0.909. The number of hydrogen-bond donors (Lipinski definition) is 0. The number of hydrogen-bond acceptors (Lipinski definition) is 2. The van der Waals surface area contributed by atoms with E-state index in [1.165, 1.54) is 25.3 Å². The van der Waals surface area contributed by atoms with Gasteiger partial charge in [0.15, 0.2) is 11.6 Å². The Bertz CT molecular complexity index is 641. The second kappa shape index (κ2) is 5.48. The smallest absolute Gasteiger partial charge is 0.199 e. The standard InChI is InChI=1S/C14H9BrF2O2/c1-19-9-4-2-3-8(7-9)14(18)12-11(16)6-5-10(15)13(12)17/h2-7H,1H3. The summed E-state index contributed by atoms with van der Waals surface area (Å²) < 4.78 is 32.5. The van der Waals surface area contributed by atoms with Crippen molar-refractivity contribution in [2.24, 2.45) is 0 Å². The third-order valence-electron chi connectivity index (χ3n) is 2.60. The molecule has 0 fully saturated rings. The van der Waals surface area contributed by atoms with E-state index in [4.69, 9.17) is 4.74 Å². The Morgan fingerprint density at radius 1 is 1.21 bits per heavy atom. The van der Waals surface area contributed by atoms with Crippen LogP contribution in [0.1, 0.15) is 15.9 Å². The number of benzene rings is 2. The lowest BCUT2D eigenvalue weighted by Crippen LogP contribution is -2.08. The highest BCUT2D eigenvalue weighted by Gasteiger charge is 2.21. The lowest BCUT2D eigenvalue weighted by molar-refractivity contribution is 0.103. The van der Waals surface area contributed by atoms with Crippen molar-refractivity contribution in [1.82, 2.24) is 0 Å². The molecule has 0 radical (unpaired) electrons. The van der Waals surface area contributed by atoms with E-state index in [1.54, 1.807) is 12.1 Å². The van der Waals surface area contributed by atoms with Gasteiger partial charge in [0.1, 0.15) is 11.6 Å². The number of halogens is 3. The van der Waals surface area contributed by atoms with Crippen molar-refractivity contribution in [3.63, 3.8) is 0 Å². The first kappa shape index (κ1) is 13.7. The van der Waals surface area contributed by atoms with Gasteiger partial charge in [-0.15, -0.1) is 0 Å². The number of methoxy groups -OCH3 is 1. The minimum absolute atomic E-state index is 0.0418. The minimum Gasteiger partial charge on any atom is -0.497 e. The molecule has 2 nitrogen and oxygen atoms in total. The highest BCUT2D eigenvalue weighted by Crippen LogP contribution is 2.25. The molecular formula is C14H9BrF2O2. The van der Waals surface area contributed by atoms with Crippen LogP contribution in [0.25, 0.3) is 0 Å². The van der Waals surface area contributed by atoms with E-state index >= 15 is 0 Å². The van der Waals surface area contributed by atoms with Crippen molar-refractivity contribution in [2.45, 2.75) is 0 Å². The Morgan fingerprint density at radius 3 is 2.63 bits per heavy atom. The molecule has 0 amide bonds. The molecule has 5 heteroatoms. The molecule has 0 saturated carbocycles. The summed E-state index contributed by atoms with van der Waals surface area (Å²) in [7, 11) is 1.45. The van der Waals surface area contributed by atoms with Gasteiger partial charge in [-0.2, -0.15) is 0 Å². The molecule has 98 valence electrons. The van der Waals surface area contributed by atoms with Crippen molar-refractivity contribution in [2.75, 3.05) is 7.11 Å². The molecule has 2 aromatic rings. The summed E-state index contributed by atoms with van der Waals surface area (Å²) in [5.41, 5.74) is -0.419. The molecule has 19 heavy (non-hydrogen) atoms. The van der Waals surface area contributed by atoms with Crippen LogP contribution < -0.4 is 4.74 Å². The van der Waals surface area contributed by atoms with Crippen molar-refractivity contribution in [3.05, 3.63) is 63.6 Å². The van der Waals surface area contributed by atoms with Crippen LogP contribution in [0.5, 0.6) is 5.75 Å².